The molecule has 0 amide bonds. The number of esters is 2. The second-order valence-electron chi connectivity index (χ2n) is 9.16. The van der Waals surface area contributed by atoms with Gasteiger partial charge in [0.2, 0.25) is 0 Å². The predicted octanol–water partition coefficient (Wildman–Crippen LogP) is 3.96. The van der Waals surface area contributed by atoms with Crippen molar-refractivity contribution < 1.29 is 23.5 Å². The van der Waals surface area contributed by atoms with E-state index in [1.165, 1.54) is 31.3 Å². The van der Waals surface area contributed by atoms with E-state index in [1.807, 2.05) is 0 Å². The molecule has 2 aliphatic heterocycles. The van der Waals surface area contributed by atoms with Crippen LogP contribution in [0, 0.1) is 23.1 Å². The van der Waals surface area contributed by atoms with Gasteiger partial charge in [-0.25, -0.2) is 14.0 Å². The largest absolute Gasteiger partial charge is 0.466 e. The molecular weight excluding hydrogens is 475 g/mol. The SMILES string of the molecule is COC(=O)C1=C(C(=O)OC)N(c2cc(F)ccc2N2CCCC(C)C2)C(N)=C(C#N)C1c1ccccc1. The van der Waals surface area contributed by atoms with Gasteiger partial charge in [-0.15, -0.1) is 0 Å². The monoisotopic (exact) mass is 504 g/mol. The average Bonchev–Trinajstić information content (AvgIpc) is 2.91. The fourth-order valence-corrected chi connectivity index (χ4v) is 5.11. The molecule has 0 saturated carbocycles. The lowest BCUT2D eigenvalue weighted by Gasteiger charge is -2.39. The van der Waals surface area contributed by atoms with E-state index in [1.54, 1.807) is 36.4 Å². The Hall–Kier alpha value is -4.32. The quantitative estimate of drug-likeness (QED) is 0.610. The lowest BCUT2D eigenvalue weighted by atomic mass is 9.81. The lowest BCUT2D eigenvalue weighted by Crippen LogP contribution is -2.42. The van der Waals surface area contributed by atoms with Crippen molar-refractivity contribution in [2.75, 3.05) is 37.1 Å². The summed E-state index contributed by atoms with van der Waals surface area (Å²) in [6.07, 6.45) is 2.01. The highest BCUT2D eigenvalue weighted by Gasteiger charge is 2.44. The van der Waals surface area contributed by atoms with Crippen LogP contribution < -0.4 is 15.5 Å². The molecule has 4 rings (SSSR count). The van der Waals surface area contributed by atoms with Crippen LogP contribution in [0.15, 0.2) is 71.2 Å². The van der Waals surface area contributed by atoms with E-state index >= 15 is 0 Å². The Labute approximate surface area is 215 Å². The second kappa shape index (κ2) is 10.7. The normalized spacial score (nSPS) is 20.0. The van der Waals surface area contributed by atoms with Crippen molar-refractivity contribution in [2.45, 2.75) is 25.7 Å². The molecule has 192 valence electrons. The van der Waals surface area contributed by atoms with E-state index in [2.05, 4.69) is 17.9 Å². The summed E-state index contributed by atoms with van der Waals surface area (Å²) < 4.78 is 24.9. The molecule has 0 radical (unpaired) electrons. The Morgan fingerprint density at radius 1 is 1.08 bits per heavy atom. The smallest absolute Gasteiger partial charge is 0.355 e. The van der Waals surface area contributed by atoms with Gasteiger partial charge in [0.15, 0.2) is 0 Å². The number of nitrogens with zero attached hydrogens (tertiary/aromatic N) is 3. The van der Waals surface area contributed by atoms with E-state index < -0.39 is 23.7 Å². The third-order valence-corrected chi connectivity index (χ3v) is 6.79. The van der Waals surface area contributed by atoms with Crippen LogP contribution in [-0.2, 0) is 19.1 Å². The summed E-state index contributed by atoms with van der Waals surface area (Å²) in [5, 5.41) is 10.2. The Morgan fingerprint density at radius 3 is 2.41 bits per heavy atom. The molecule has 2 aromatic rings. The fourth-order valence-electron chi connectivity index (χ4n) is 5.11. The van der Waals surface area contributed by atoms with Crippen LogP contribution in [0.25, 0.3) is 0 Å². The summed E-state index contributed by atoms with van der Waals surface area (Å²) in [5.74, 6) is -2.95. The highest BCUT2D eigenvalue weighted by molar-refractivity contribution is 6.07. The number of benzene rings is 2. The first-order valence-electron chi connectivity index (χ1n) is 12.0. The summed E-state index contributed by atoms with van der Waals surface area (Å²) in [5.41, 5.74) is 7.71. The summed E-state index contributed by atoms with van der Waals surface area (Å²) >= 11 is 0. The Kier molecular flexibility index (Phi) is 7.48. The van der Waals surface area contributed by atoms with Gasteiger partial charge in [-0.3, -0.25) is 4.90 Å². The van der Waals surface area contributed by atoms with Gasteiger partial charge in [-0.1, -0.05) is 37.3 Å². The van der Waals surface area contributed by atoms with Crippen LogP contribution in [0.1, 0.15) is 31.2 Å². The molecule has 0 bridgehead atoms. The van der Waals surface area contributed by atoms with Crippen molar-refractivity contribution >= 4 is 23.3 Å². The van der Waals surface area contributed by atoms with Gasteiger partial charge in [0.1, 0.15) is 17.3 Å². The summed E-state index contributed by atoms with van der Waals surface area (Å²) in [6.45, 7) is 3.58. The molecule has 1 saturated heterocycles. The molecule has 0 spiro atoms. The number of hydrogen-bond acceptors (Lipinski definition) is 8. The first-order chi connectivity index (χ1) is 17.8. The Balaban J connectivity index is 2.05. The van der Waals surface area contributed by atoms with Crippen LogP contribution in [0.2, 0.25) is 0 Å². The number of carbonyl (C=O) groups excluding carboxylic acids is 2. The highest BCUT2D eigenvalue weighted by atomic mass is 19.1. The van der Waals surface area contributed by atoms with Crippen molar-refractivity contribution in [3.8, 4) is 6.07 Å². The molecule has 2 heterocycles. The molecule has 37 heavy (non-hydrogen) atoms. The van der Waals surface area contributed by atoms with E-state index in [0.29, 0.717) is 17.2 Å². The van der Waals surface area contributed by atoms with Crippen LogP contribution in [-0.4, -0.2) is 39.2 Å². The third kappa shape index (κ3) is 4.75. The van der Waals surface area contributed by atoms with Crippen LogP contribution in [0.5, 0.6) is 0 Å². The third-order valence-electron chi connectivity index (χ3n) is 6.79. The maximum Gasteiger partial charge on any atom is 0.355 e. The van der Waals surface area contributed by atoms with Crippen LogP contribution >= 0.6 is 0 Å². The Morgan fingerprint density at radius 2 is 1.78 bits per heavy atom. The standard InChI is InChI=1S/C28H29FN4O4/c1-17-8-7-13-32(16-17)21-12-11-19(29)14-22(21)33-25(28(35)37-3)24(27(34)36-2)23(20(15-30)26(33)31)18-9-5-4-6-10-18/h4-6,9-12,14,17,23H,7-8,13,16,31H2,1-3H3. The zero-order valence-corrected chi connectivity index (χ0v) is 21.0. The van der Waals surface area contributed by atoms with Gasteiger partial charge in [-0.2, -0.15) is 5.26 Å². The number of halogens is 1. The molecule has 0 aromatic heterocycles. The molecule has 2 N–H and O–H groups in total. The number of hydrogen-bond donors (Lipinski definition) is 1. The molecule has 0 aliphatic carbocycles. The molecule has 2 aromatic carbocycles. The van der Waals surface area contributed by atoms with Crippen molar-refractivity contribution in [3.05, 3.63) is 82.6 Å². The van der Waals surface area contributed by atoms with Gasteiger partial charge in [0.05, 0.1) is 48.7 Å². The van der Waals surface area contributed by atoms with Crippen molar-refractivity contribution in [1.29, 1.82) is 5.26 Å². The minimum atomic E-state index is -0.990. The van der Waals surface area contributed by atoms with E-state index in [0.717, 1.165) is 25.9 Å². The fraction of sp³-hybridized carbons (Fsp3) is 0.321. The number of rotatable bonds is 5. The number of piperidine rings is 1. The minimum Gasteiger partial charge on any atom is -0.466 e. The maximum atomic E-state index is 14.7. The predicted molar refractivity (Wildman–Crippen MR) is 137 cm³/mol. The molecule has 2 unspecified atom stereocenters. The van der Waals surface area contributed by atoms with Gasteiger partial charge in [0.25, 0.3) is 0 Å². The molecule has 2 aliphatic rings. The molecule has 8 nitrogen and oxygen atoms in total. The zero-order valence-electron chi connectivity index (χ0n) is 21.0. The first kappa shape index (κ1) is 25.8. The lowest BCUT2D eigenvalue weighted by molar-refractivity contribution is -0.139. The number of anilines is 2. The van der Waals surface area contributed by atoms with E-state index in [9.17, 15) is 19.2 Å². The van der Waals surface area contributed by atoms with E-state index in [4.69, 9.17) is 15.2 Å². The van der Waals surface area contributed by atoms with Crippen molar-refractivity contribution in [1.82, 2.24) is 0 Å². The summed E-state index contributed by atoms with van der Waals surface area (Å²) in [7, 11) is 2.37. The van der Waals surface area contributed by atoms with Gasteiger partial charge in [-0.05, 0) is 36.5 Å². The minimum absolute atomic E-state index is 0.0291. The molecular formula is C28H29FN4O4. The number of nitrogens with two attached hydrogens (primary N) is 1. The molecule has 9 heteroatoms. The second-order valence-corrected chi connectivity index (χ2v) is 9.16. The zero-order chi connectivity index (χ0) is 26.7. The average molecular weight is 505 g/mol. The van der Waals surface area contributed by atoms with Crippen LogP contribution in [0.3, 0.4) is 0 Å². The summed E-state index contributed by atoms with van der Waals surface area (Å²) in [6, 6.07) is 15.1. The number of nitriles is 1. The number of methoxy groups -OCH3 is 2. The van der Waals surface area contributed by atoms with Gasteiger partial charge in [0, 0.05) is 19.2 Å². The molecule has 1 fully saturated rings. The maximum absolute atomic E-state index is 14.7. The molecule has 2 atom stereocenters. The number of ether oxygens (including phenoxy) is 2. The van der Waals surface area contributed by atoms with Gasteiger partial charge < -0.3 is 20.1 Å². The summed E-state index contributed by atoms with van der Waals surface area (Å²) in [4.78, 5) is 29.9. The van der Waals surface area contributed by atoms with Crippen molar-refractivity contribution in [3.63, 3.8) is 0 Å². The highest BCUT2D eigenvalue weighted by Crippen LogP contribution is 2.45. The van der Waals surface area contributed by atoms with Gasteiger partial charge >= 0.3 is 11.9 Å². The van der Waals surface area contributed by atoms with E-state index in [-0.39, 0.29) is 28.4 Å². The first-order valence-corrected chi connectivity index (χ1v) is 12.0. The Bertz CT molecular complexity index is 1320. The van der Waals surface area contributed by atoms with Crippen molar-refractivity contribution in [2.24, 2.45) is 11.7 Å². The number of carbonyl (C=O) groups is 2. The number of allylic oxidation sites excluding steroid dienone is 1. The topological polar surface area (TPSA) is 109 Å². The van der Waals surface area contributed by atoms with Crippen LogP contribution in [0.4, 0.5) is 15.8 Å².